The number of pyridine rings is 2. The van der Waals surface area contributed by atoms with Crippen LogP contribution in [0.3, 0.4) is 0 Å². The minimum absolute atomic E-state index is 0.0313. The summed E-state index contributed by atoms with van der Waals surface area (Å²) in [4.78, 5) is 18.4. The van der Waals surface area contributed by atoms with Gasteiger partial charge >= 0.3 is 0 Å². The van der Waals surface area contributed by atoms with Gasteiger partial charge in [0.1, 0.15) is 17.5 Å². The smallest absolute Gasteiger partial charge is 0.228 e. The summed E-state index contributed by atoms with van der Waals surface area (Å²) in [6.45, 7) is 2.67. The molecule has 2 fully saturated rings. The Hall–Kier alpha value is -3.44. The molecule has 0 radical (unpaired) electrons. The van der Waals surface area contributed by atoms with Crippen LogP contribution in [0.4, 0.5) is 5.82 Å². The van der Waals surface area contributed by atoms with Gasteiger partial charge in [0.15, 0.2) is 5.82 Å². The number of rotatable bonds is 6. The molecule has 4 heterocycles. The van der Waals surface area contributed by atoms with E-state index in [0.717, 1.165) is 42.6 Å². The Morgan fingerprint density at radius 1 is 1.33 bits per heavy atom. The Balaban J connectivity index is 1.42. The highest BCUT2D eigenvalue weighted by molar-refractivity contribution is 5.93. The molecule has 30 heavy (non-hydrogen) atoms. The fourth-order valence-corrected chi connectivity index (χ4v) is 3.78. The van der Waals surface area contributed by atoms with Crippen molar-refractivity contribution in [3.63, 3.8) is 0 Å². The molecule has 5 rings (SSSR count). The van der Waals surface area contributed by atoms with Crippen molar-refractivity contribution in [1.29, 1.82) is 5.26 Å². The van der Waals surface area contributed by atoms with Gasteiger partial charge < -0.3 is 15.0 Å². The van der Waals surface area contributed by atoms with Crippen LogP contribution < -0.4 is 10.1 Å². The lowest BCUT2D eigenvalue weighted by Crippen LogP contribution is -2.46. The van der Waals surface area contributed by atoms with Crippen LogP contribution in [0.2, 0.25) is 0 Å². The van der Waals surface area contributed by atoms with E-state index in [1.54, 1.807) is 16.8 Å². The third-order valence-corrected chi connectivity index (χ3v) is 5.57. The first kappa shape index (κ1) is 18.6. The lowest BCUT2D eigenvalue weighted by Gasteiger charge is -2.35. The van der Waals surface area contributed by atoms with Crippen LogP contribution in [0.15, 0.2) is 36.7 Å². The average molecular weight is 402 g/mol. The molecule has 0 unspecified atom stereocenters. The van der Waals surface area contributed by atoms with Gasteiger partial charge in [0, 0.05) is 42.8 Å². The second-order valence-electron chi connectivity index (χ2n) is 8.15. The molecular formula is C22H22N6O2. The summed E-state index contributed by atoms with van der Waals surface area (Å²) in [6, 6.07) is 9.59. The SMILES string of the molecule is CN1CC(COc2cnc(C#N)cc2-c2ccn3nc(NC(=O)C4CC4)cc3c2)C1. The number of amides is 1. The third kappa shape index (κ3) is 3.72. The van der Waals surface area contributed by atoms with Crippen molar-refractivity contribution in [2.24, 2.45) is 11.8 Å². The van der Waals surface area contributed by atoms with E-state index in [1.165, 1.54) is 0 Å². The third-order valence-electron chi connectivity index (χ3n) is 5.57. The highest BCUT2D eigenvalue weighted by Crippen LogP contribution is 2.33. The minimum Gasteiger partial charge on any atom is -0.491 e. The van der Waals surface area contributed by atoms with E-state index in [4.69, 9.17) is 4.74 Å². The molecule has 1 aliphatic carbocycles. The van der Waals surface area contributed by atoms with Crippen LogP contribution in [0.5, 0.6) is 5.75 Å². The molecule has 3 aromatic rings. The quantitative estimate of drug-likeness (QED) is 0.681. The topological polar surface area (TPSA) is 95.6 Å². The molecule has 1 N–H and O–H groups in total. The number of carbonyl (C=O) groups is 1. The summed E-state index contributed by atoms with van der Waals surface area (Å²) < 4.78 is 7.79. The number of nitrogens with zero attached hydrogens (tertiary/aromatic N) is 5. The summed E-state index contributed by atoms with van der Waals surface area (Å²) in [5.74, 6) is 1.87. The van der Waals surface area contributed by atoms with Gasteiger partial charge in [-0.15, -0.1) is 0 Å². The summed E-state index contributed by atoms with van der Waals surface area (Å²) in [6.07, 6.45) is 5.37. The highest BCUT2D eigenvalue weighted by atomic mass is 16.5. The fourth-order valence-electron chi connectivity index (χ4n) is 3.78. The van der Waals surface area contributed by atoms with Crippen molar-refractivity contribution < 1.29 is 9.53 Å². The van der Waals surface area contributed by atoms with Crippen molar-refractivity contribution in [3.05, 3.63) is 42.4 Å². The summed E-state index contributed by atoms with van der Waals surface area (Å²) in [7, 11) is 2.09. The monoisotopic (exact) mass is 402 g/mol. The zero-order chi connectivity index (χ0) is 20.7. The van der Waals surface area contributed by atoms with Crippen LogP contribution >= 0.6 is 0 Å². The molecule has 8 nitrogen and oxygen atoms in total. The molecule has 1 amide bonds. The molecule has 0 bridgehead atoms. The van der Waals surface area contributed by atoms with Gasteiger partial charge in [0.05, 0.1) is 18.3 Å². The van der Waals surface area contributed by atoms with E-state index in [9.17, 15) is 10.1 Å². The predicted molar refractivity (Wildman–Crippen MR) is 111 cm³/mol. The van der Waals surface area contributed by atoms with Crippen LogP contribution in [-0.2, 0) is 4.79 Å². The first-order chi connectivity index (χ1) is 14.6. The van der Waals surface area contributed by atoms with Gasteiger partial charge in [-0.25, -0.2) is 9.50 Å². The zero-order valence-corrected chi connectivity index (χ0v) is 16.7. The van der Waals surface area contributed by atoms with E-state index >= 15 is 0 Å². The van der Waals surface area contributed by atoms with E-state index in [0.29, 0.717) is 29.8 Å². The largest absolute Gasteiger partial charge is 0.491 e. The Morgan fingerprint density at radius 3 is 2.90 bits per heavy atom. The second kappa shape index (κ2) is 7.43. The van der Waals surface area contributed by atoms with Gasteiger partial charge in [-0.1, -0.05) is 0 Å². The van der Waals surface area contributed by atoms with E-state index in [-0.39, 0.29) is 11.8 Å². The first-order valence-corrected chi connectivity index (χ1v) is 10.1. The average Bonchev–Trinajstić information content (AvgIpc) is 3.50. The van der Waals surface area contributed by atoms with Crippen molar-refractivity contribution in [1.82, 2.24) is 19.5 Å². The molecule has 0 atom stereocenters. The number of aromatic nitrogens is 3. The predicted octanol–water partition coefficient (Wildman–Crippen LogP) is 2.56. The number of hydrogen-bond acceptors (Lipinski definition) is 6. The number of nitrogens with one attached hydrogen (secondary N) is 1. The lowest BCUT2D eigenvalue weighted by molar-refractivity contribution is -0.117. The number of anilines is 1. The van der Waals surface area contributed by atoms with Crippen LogP contribution in [-0.4, -0.2) is 52.1 Å². The summed E-state index contributed by atoms with van der Waals surface area (Å²) in [5, 5.41) is 16.6. The summed E-state index contributed by atoms with van der Waals surface area (Å²) >= 11 is 0. The van der Waals surface area contributed by atoms with Gasteiger partial charge in [-0.3, -0.25) is 4.79 Å². The number of likely N-dealkylation sites (tertiary alicyclic amines) is 1. The number of fused-ring (bicyclic) bond motifs is 1. The maximum atomic E-state index is 12.0. The van der Waals surface area contributed by atoms with Crippen molar-refractivity contribution >= 4 is 17.2 Å². The van der Waals surface area contributed by atoms with Gasteiger partial charge in [-0.05, 0) is 43.7 Å². The Labute approximate surface area is 174 Å². The van der Waals surface area contributed by atoms with Crippen molar-refractivity contribution in [2.75, 3.05) is 32.1 Å². The van der Waals surface area contributed by atoms with Gasteiger partial charge in [0.2, 0.25) is 5.91 Å². The molecule has 152 valence electrons. The number of ether oxygens (including phenoxy) is 1. The molecule has 3 aromatic heterocycles. The van der Waals surface area contributed by atoms with Crippen LogP contribution in [0.25, 0.3) is 16.6 Å². The Bertz CT molecular complexity index is 1150. The number of nitriles is 1. The Morgan fingerprint density at radius 2 is 2.17 bits per heavy atom. The minimum atomic E-state index is 0.0313. The molecule has 0 aromatic carbocycles. The van der Waals surface area contributed by atoms with E-state index in [2.05, 4.69) is 33.4 Å². The molecule has 1 saturated carbocycles. The standard InChI is InChI=1S/C22H22N6O2/c1-27-11-14(12-27)13-30-20-10-24-17(9-23)7-19(20)16-4-5-28-18(6-16)8-21(26-28)25-22(29)15-2-3-15/h4-8,10,14-15H,2-3,11-13H2,1H3,(H,25,26,29). The molecule has 0 spiro atoms. The van der Waals surface area contributed by atoms with Crippen molar-refractivity contribution in [3.8, 4) is 22.9 Å². The Kier molecular flexibility index (Phi) is 4.60. The van der Waals surface area contributed by atoms with Gasteiger partial charge in [-0.2, -0.15) is 10.4 Å². The van der Waals surface area contributed by atoms with Crippen LogP contribution in [0, 0.1) is 23.2 Å². The zero-order valence-electron chi connectivity index (χ0n) is 16.7. The highest BCUT2D eigenvalue weighted by Gasteiger charge is 2.30. The normalized spacial score (nSPS) is 16.8. The second-order valence-corrected chi connectivity index (χ2v) is 8.15. The molecule has 2 aliphatic rings. The molecule has 1 saturated heterocycles. The van der Waals surface area contributed by atoms with E-state index < -0.39 is 0 Å². The van der Waals surface area contributed by atoms with Crippen molar-refractivity contribution in [2.45, 2.75) is 12.8 Å². The molecule has 8 heteroatoms. The van der Waals surface area contributed by atoms with Crippen LogP contribution in [0.1, 0.15) is 18.5 Å². The van der Waals surface area contributed by atoms with E-state index in [1.807, 2.05) is 24.4 Å². The number of carbonyl (C=O) groups excluding carboxylic acids is 1. The molecule has 1 aliphatic heterocycles. The number of hydrogen-bond donors (Lipinski definition) is 1. The first-order valence-electron chi connectivity index (χ1n) is 10.1. The van der Waals surface area contributed by atoms with Gasteiger partial charge in [0.25, 0.3) is 0 Å². The molecular weight excluding hydrogens is 380 g/mol. The summed E-state index contributed by atoms with van der Waals surface area (Å²) in [5.41, 5.74) is 2.91. The maximum absolute atomic E-state index is 12.0. The maximum Gasteiger partial charge on any atom is 0.228 e. The fraction of sp³-hybridized carbons (Fsp3) is 0.364. The lowest BCUT2D eigenvalue weighted by atomic mass is 10.0.